The van der Waals surface area contributed by atoms with Crippen LogP contribution >= 0.6 is 11.6 Å². The second-order valence-electron chi connectivity index (χ2n) is 4.42. The minimum Gasteiger partial charge on any atom is -0.389 e. The van der Waals surface area contributed by atoms with Gasteiger partial charge in [-0.15, -0.1) is 0 Å². The summed E-state index contributed by atoms with van der Waals surface area (Å²) in [7, 11) is 1.64. The Morgan fingerprint density at radius 2 is 2.25 bits per heavy atom. The van der Waals surface area contributed by atoms with Crippen molar-refractivity contribution < 1.29 is 14.2 Å². The van der Waals surface area contributed by atoms with Crippen LogP contribution in [-0.4, -0.2) is 23.9 Å². The van der Waals surface area contributed by atoms with Crippen molar-refractivity contribution in [2.75, 3.05) is 7.11 Å². The van der Waals surface area contributed by atoms with Crippen LogP contribution in [0.1, 0.15) is 18.4 Å². The summed E-state index contributed by atoms with van der Waals surface area (Å²) in [5, 5.41) is 10.2. The highest BCUT2D eigenvalue weighted by atomic mass is 35.5. The van der Waals surface area contributed by atoms with Crippen LogP contribution in [0.25, 0.3) is 0 Å². The Morgan fingerprint density at radius 1 is 1.56 bits per heavy atom. The van der Waals surface area contributed by atoms with Crippen molar-refractivity contribution in [2.45, 2.75) is 31.0 Å². The average Bonchev–Trinajstić information content (AvgIpc) is 2.20. The molecule has 0 aromatic heterocycles. The van der Waals surface area contributed by atoms with E-state index in [2.05, 4.69) is 0 Å². The van der Waals surface area contributed by atoms with E-state index < -0.39 is 11.4 Å². The molecule has 0 amide bonds. The van der Waals surface area contributed by atoms with Gasteiger partial charge in [-0.1, -0.05) is 17.7 Å². The molecule has 1 aliphatic carbocycles. The first kappa shape index (κ1) is 11.8. The lowest BCUT2D eigenvalue weighted by molar-refractivity contribution is -0.126. The van der Waals surface area contributed by atoms with Crippen molar-refractivity contribution in [3.63, 3.8) is 0 Å². The van der Waals surface area contributed by atoms with E-state index in [4.69, 9.17) is 16.3 Å². The van der Waals surface area contributed by atoms with Gasteiger partial charge in [0.15, 0.2) is 0 Å². The normalized spacial score (nSPS) is 28.9. The zero-order valence-electron chi connectivity index (χ0n) is 9.04. The van der Waals surface area contributed by atoms with Crippen molar-refractivity contribution in [2.24, 2.45) is 0 Å². The maximum atomic E-state index is 12.9. The molecule has 88 valence electrons. The molecule has 0 saturated heterocycles. The highest BCUT2D eigenvalue weighted by Crippen LogP contribution is 2.37. The van der Waals surface area contributed by atoms with E-state index in [1.54, 1.807) is 19.2 Å². The van der Waals surface area contributed by atoms with E-state index in [1.165, 1.54) is 6.07 Å². The van der Waals surface area contributed by atoms with Gasteiger partial charge in [0.1, 0.15) is 5.82 Å². The number of benzene rings is 1. The number of rotatable bonds is 3. The van der Waals surface area contributed by atoms with Crippen LogP contribution in [0.5, 0.6) is 0 Å². The molecule has 0 radical (unpaired) electrons. The minimum absolute atomic E-state index is 0.101. The number of aliphatic hydroxyl groups is 1. The van der Waals surface area contributed by atoms with Gasteiger partial charge in [0.25, 0.3) is 0 Å². The van der Waals surface area contributed by atoms with Gasteiger partial charge < -0.3 is 9.84 Å². The van der Waals surface area contributed by atoms with Crippen LogP contribution in [0.3, 0.4) is 0 Å². The van der Waals surface area contributed by atoms with Crippen molar-refractivity contribution >= 4 is 11.6 Å². The molecule has 16 heavy (non-hydrogen) atoms. The summed E-state index contributed by atoms with van der Waals surface area (Å²) in [6, 6.07) is 4.54. The van der Waals surface area contributed by atoms with Crippen molar-refractivity contribution in [3.05, 3.63) is 34.6 Å². The molecule has 0 atom stereocenters. The molecular formula is C12H14ClFO2. The molecule has 1 saturated carbocycles. The molecule has 2 nitrogen and oxygen atoms in total. The molecule has 1 aliphatic rings. The summed E-state index contributed by atoms with van der Waals surface area (Å²) in [6.45, 7) is 0. The van der Waals surface area contributed by atoms with E-state index in [1.807, 2.05) is 0 Å². The minimum atomic E-state index is -0.720. The van der Waals surface area contributed by atoms with Crippen LogP contribution < -0.4 is 0 Å². The van der Waals surface area contributed by atoms with Crippen molar-refractivity contribution in [1.82, 2.24) is 0 Å². The first-order chi connectivity index (χ1) is 7.52. The molecule has 2 rings (SSSR count). The third kappa shape index (κ3) is 2.37. The summed E-state index contributed by atoms with van der Waals surface area (Å²) < 4.78 is 18.0. The number of hydrogen-bond donors (Lipinski definition) is 1. The van der Waals surface area contributed by atoms with E-state index in [0.29, 0.717) is 19.3 Å². The number of hydrogen-bond acceptors (Lipinski definition) is 2. The predicted molar refractivity (Wildman–Crippen MR) is 60.1 cm³/mol. The van der Waals surface area contributed by atoms with Crippen LogP contribution in [0.2, 0.25) is 5.02 Å². The second-order valence-corrected chi connectivity index (χ2v) is 4.82. The van der Waals surface area contributed by atoms with Crippen LogP contribution in [-0.2, 0) is 11.2 Å². The molecule has 0 aliphatic heterocycles. The molecule has 1 aromatic carbocycles. The SMILES string of the molecule is COC1CC(O)(Cc2ccc(F)c(Cl)c2)C1. The molecule has 1 N–H and O–H groups in total. The summed E-state index contributed by atoms with van der Waals surface area (Å²) in [5.41, 5.74) is 0.130. The fraction of sp³-hybridized carbons (Fsp3) is 0.500. The lowest BCUT2D eigenvalue weighted by Gasteiger charge is -2.42. The van der Waals surface area contributed by atoms with Gasteiger partial charge in [0.2, 0.25) is 0 Å². The molecular weight excluding hydrogens is 231 g/mol. The Morgan fingerprint density at radius 3 is 2.81 bits per heavy atom. The van der Waals surface area contributed by atoms with Gasteiger partial charge >= 0.3 is 0 Å². The molecule has 0 spiro atoms. The number of ether oxygens (including phenoxy) is 1. The maximum absolute atomic E-state index is 12.9. The zero-order valence-corrected chi connectivity index (χ0v) is 9.80. The van der Waals surface area contributed by atoms with Gasteiger partial charge in [-0.2, -0.15) is 0 Å². The highest BCUT2D eigenvalue weighted by Gasteiger charge is 2.42. The third-order valence-corrected chi connectivity index (χ3v) is 3.36. The molecule has 0 unspecified atom stereocenters. The predicted octanol–water partition coefficient (Wildman–Crippen LogP) is 2.56. The fourth-order valence-corrected chi connectivity index (χ4v) is 2.33. The molecule has 0 bridgehead atoms. The fourth-order valence-electron chi connectivity index (χ4n) is 2.13. The van der Waals surface area contributed by atoms with Gasteiger partial charge in [0.05, 0.1) is 16.7 Å². The van der Waals surface area contributed by atoms with Gasteiger partial charge in [0, 0.05) is 26.4 Å². The number of methoxy groups -OCH3 is 1. The Hall–Kier alpha value is -0.640. The van der Waals surface area contributed by atoms with Crippen LogP contribution in [0.4, 0.5) is 4.39 Å². The largest absolute Gasteiger partial charge is 0.389 e. The average molecular weight is 245 g/mol. The zero-order chi connectivity index (χ0) is 11.8. The Labute approximate surface area is 99.0 Å². The monoisotopic (exact) mass is 244 g/mol. The Bertz CT molecular complexity index is 389. The van der Waals surface area contributed by atoms with Crippen LogP contribution in [0, 0.1) is 5.82 Å². The standard InChI is InChI=1S/C12H14ClFO2/c1-16-9-6-12(15,7-9)5-8-2-3-11(14)10(13)4-8/h2-4,9,15H,5-7H2,1H3. The lowest BCUT2D eigenvalue weighted by Crippen LogP contribution is -2.49. The summed E-state index contributed by atoms with van der Waals surface area (Å²) in [6.07, 6.45) is 1.88. The van der Waals surface area contributed by atoms with E-state index in [9.17, 15) is 9.50 Å². The Kier molecular flexibility index (Phi) is 3.19. The van der Waals surface area contributed by atoms with E-state index in [0.717, 1.165) is 5.56 Å². The topological polar surface area (TPSA) is 29.5 Å². The second kappa shape index (κ2) is 4.32. The molecule has 0 heterocycles. The molecule has 1 aromatic rings. The Balaban J connectivity index is 2.02. The maximum Gasteiger partial charge on any atom is 0.141 e. The lowest BCUT2D eigenvalue weighted by atomic mass is 9.74. The van der Waals surface area contributed by atoms with Crippen molar-refractivity contribution in [1.29, 1.82) is 0 Å². The third-order valence-electron chi connectivity index (χ3n) is 3.07. The smallest absolute Gasteiger partial charge is 0.141 e. The first-order valence-electron chi connectivity index (χ1n) is 5.21. The number of halogens is 2. The summed E-state index contributed by atoms with van der Waals surface area (Å²) in [4.78, 5) is 0. The van der Waals surface area contributed by atoms with Gasteiger partial charge in [-0.25, -0.2) is 4.39 Å². The van der Waals surface area contributed by atoms with Gasteiger partial charge in [-0.05, 0) is 17.7 Å². The quantitative estimate of drug-likeness (QED) is 0.886. The van der Waals surface area contributed by atoms with Crippen molar-refractivity contribution in [3.8, 4) is 0 Å². The highest BCUT2D eigenvalue weighted by molar-refractivity contribution is 6.30. The molecule has 1 fully saturated rings. The van der Waals surface area contributed by atoms with Gasteiger partial charge in [-0.3, -0.25) is 0 Å². The van der Waals surface area contributed by atoms with E-state index >= 15 is 0 Å². The van der Waals surface area contributed by atoms with Crippen LogP contribution in [0.15, 0.2) is 18.2 Å². The molecule has 4 heteroatoms. The first-order valence-corrected chi connectivity index (χ1v) is 5.59. The summed E-state index contributed by atoms with van der Waals surface area (Å²) in [5.74, 6) is -0.430. The summed E-state index contributed by atoms with van der Waals surface area (Å²) >= 11 is 5.68. The van der Waals surface area contributed by atoms with E-state index in [-0.39, 0.29) is 11.1 Å².